The number of rotatable bonds is 3. The van der Waals surface area contributed by atoms with E-state index >= 15 is 0 Å². The Bertz CT molecular complexity index is 1080. The fourth-order valence-corrected chi connectivity index (χ4v) is 11.9. The van der Waals surface area contributed by atoms with Crippen LogP contribution in [-0.2, 0) is 9.53 Å². The Labute approximate surface area is 247 Å². The van der Waals surface area contributed by atoms with Crippen molar-refractivity contribution in [2.24, 2.45) is 50.7 Å². The monoisotopic (exact) mass is 572 g/mol. The van der Waals surface area contributed by atoms with E-state index in [4.69, 9.17) is 4.74 Å². The van der Waals surface area contributed by atoms with Gasteiger partial charge in [-0.05, 0) is 110 Å². The van der Waals surface area contributed by atoms with Crippen LogP contribution in [0.15, 0.2) is 11.6 Å². The molecular formula is C35H56O6. The third kappa shape index (κ3) is 4.39. The second-order valence-corrected chi connectivity index (χ2v) is 17.2. The summed E-state index contributed by atoms with van der Waals surface area (Å²) in [5.74, 6) is 2.44. The molecule has 4 saturated carbocycles. The molecular weight excluding hydrogens is 516 g/mol. The van der Waals surface area contributed by atoms with Crippen LogP contribution in [0, 0.1) is 50.7 Å². The van der Waals surface area contributed by atoms with Crippen LogP contribution in [0.25, 0.3) is 0 Å². The first kappa shape index (κ1) is 30.2. The molecule has 6 rings (SSSR count). The van der Waals surface area contributed by atoms with Crippen LogP contribution in [0.1, 0.15) is 112 Å². The van der Waals surface area contributed by atoms with Crippen molar-refractivity contribution in [1.82, 2.24) is 0 Å². The number of ketones is 1. The van der Waals surface area contributed by atoms with Crippen LogP contribution in [0.4, 0.5) is 0 Å². The van der Waals surface area contributed by atoms with Gasteiger partial charge in [0.15, 0.2) is 0 Å². The molecule has 6 heteroatoms. The standard InChI is InChI=1S/C35H56O6/c1-31(2)15-16-35(18-23-28(38)30(40)29(39)24(19-36)41-23)14-9-21-20(22(35)17-31)7-8-26-33(21,5)12-10-25-32(3,4)27(37)11-13-34(25,26)6/h7,21-26,28-30,36,38-40H,8-19H2,1-6H3/t21?,22?,23-,24?,25?,26?,28?,29+,30?,33-,34-,35-/m0/s1. The maximum Gasteiger partial charge on any atom is 0.138 e. The zero-order valence-corrected chi connectivity index (χ0v) is 26.4. The smallest absolute Gasteiger partial charge is 0.138 e. The summed E-state index contributed by atoms with van der Waals surface area (Å²) in [5.41, 5.74) is 2.03. The Hall–Kier alpha value is -0.790. The van der Waals surface area contributed by atoms with Crippen LogP contribution < -0.4 is 0 Å². The number of hydrogen-bond acceptors (Lipinski definition) is 6. The van der Waals surface area contributed by atoms with Gasteiger partial charge in [0.25, 0.3) is 0 Å². The molecule has 5 aliphatic carbocycles. The summed E-state index contributed by atoms with van der Waals surface area (Å²) >= 11 is 0. The van der Waals surface area contributed by atoms with E-state index in [-0.39, 0.29) is 33.7 Å². The third-order valence-electron chi connectivity index (χ3n) is 14.4. The number of ether oxygens (including phenoxy) is 1. The first-order chi connectivity index (χ1) is 19.1. The van der Waals surface area contributed by atoms with Crippen LogP contribution in [0.2, 0.25) is 0 Å². The maximum absolute atomic E-state index is 13.0. The van der Waals surface area contributed by atoms with Crippen LogP contribution in [-0.4, -0.2) is 63.3 Å². The van der Waals surface area contributed by atoms with Gasteiger partial charge in [-0.3, -0.25) is 4.79 Å². The van der Waals surface area contributed by atoms with E-state index in [2.05, 4.69) is 47.6 Å². The highest BCUT2D eigenvalue weighted by molar-refractivity contribution is 5.85. The minimum atomic E-state index is -1.31. The predicted molar refractivity (Wildman–Crippen MR) is 158 cm³/mol. The fraction of sp³-hybridized carbons (Fsp3) is 0.914. The van der Waals surface area contributed by atoms with Gasteiger partial charge >= 0.3 is 0 Å². The number of allylic oxidation sites excluding steroid dienone is 2. The Balaban J connectivity index is 1.34. The quantitative estimate of drug-likeness (QED) is 0.347. The molecule has 232 valence electrons. The van der Waals surface area contributed by atoms with E-state index < -0.39 is 30.5 Å². The van der Waals surface area contributed by atoms with Crippen LogP contribution in [0.3, 0.4) is 0 Å². The lowest BCUT2D eigenvalue weighted by Crippen LogP contribution is -2.62. The highest BCUT2D eigenvalue weighted by Crippen LogP contribution is 2.72. The summed E-state index contributed by atoms with van der Waals surface area (Å²) < 4.78 is 6.11. The maximum atomic E-state index is 13.0. The average Bonchev–Trinajstić information content (AvgIpc) is 2.91. The predicted octanol–water partition coefficient (Wildman–Crippen LogP) is 5.20. The summed E-state index contributed by atoms with van der Waals surface area (Å²) in [6, 6.07) is 0. The second kappa shape index (κ2) is 9.86. The SMILES string of the molecule is CC1(C)CC[C@]2(C[C@@H]3OC(CO)[C@@H](O)C(O)C3O)CCC3C(=CCC4[C@@]3(C)CCC3C(C)(C)C(=O)CC[C@@]34C)C2C1. The average molecular weight is 573 g/mol. The zero-order chi connectivity index (χ0) is 29.8. The van der Waals surface area contributed by atoms with Gasteiger partial charge in [-0.15, -0.1) is 0 Å². The van der Waals surface area contributed by atoms with Gasteiger partial charge < -0.3 is 25.2 Å². The molecule has 0 aromatic rings. The molecule has 0 aromatic heterocycles. The molecule has 7 unspecified atom stereocenters. The zero-order valence-electron chi connectivity index (χ0n) is 26.4. The van der Waals surface area contributed by atoms with Crippen molar-refractivity contribution in [3.63, 3.8) is 0 Å². The molecule has 5 fully saturated rings. The Morgan fingerprint density at radius 2 is 1.51 bits per heavy atom. The van der Waals surface area contributed by atoms with Crippen molar-refractivity contribution in [3.8, 4) is 0 Å². The van der Waals surface area contributed by atoms with Crippen LogP contribution >= 0.6 is 0 Å². The lowest BCUT2D eigenvalue weighted by Gasteiger charge is -2.67. The van der Waals surface area contributed by atoms with Gasteiger partial charge in [0.1, 0.15) is 30.2 Å². The molecule has 6 nitrogen and oxygen atoms in total. The molecule has 1 saturated heterocycles. The van der Waals surface area contributed by atoms with Crippen molar-refractivity contribution in [1.29, 1.82) is 0 Å². The van der Waals surface area contributed by atoms with E-state index in [0.29, 0.717) is 42.3 Å². The van der Waals surface area contributed by atoms with Crippen molar-refractivity contribution in [3.05, 3.63) is 11.6 Å². The number of carbonyl (C=O) groups excluding carboxylic acids is 1. The van der Waals surface area contributed by atoms with Crippen molar-refractivity contribution in [2.45, 2.75) is 143 Å². The summed E-state index contributed by atoms with van der Waals surface area (Å²) in [6.45, 7) is 13.9. The third-order valence-corrected chi connectivity index (χ3v) is 14.4. The van der Waals surface area contributed by atoms with Gasteiger partial charge in [-0.1, -0.05) is 53.2 Å². The molecule has 12 atom stereocenters. The molecule has 0 bridgehead atoms. The normalized spacial score (nSPS) is 52.4. The molecule has 41 heavy (non-hydrogen) atoms. The van der Waals surface area contributed by atoms with E-state index in [1.165, 1.54) is 6.42 Å². The Morgan fingerprint density at radius 1 is 0.805 bits per heavy atom. The molecule has 0 radical (unpaired) electrons. The Kier molecular flexibility index (Phi) is 7.27. The number of carbonyl (C=O) groups is 1. The fourth-order valence-electron chi connectivity index (χ4n) is 11.9. The summed E-state index contributed by atoms with van der Waals surface area (Å²) in [4.78, 5) is 13.0. The molecule has 6 aliphatic rings. The van der Waals surface area contributed by atoms with Gasteiger partial charge in [0.05, 0.1) is 12.7 Å². The van der Waals surface area contributed by atoms with Gasteiger partial charge in [-0.25, -0.2) is 0 Å². The second-order valence-electron chi connectivity index (χ2n) is 17.2. The lowest BCUT2D eigenvalue weighted by molar-refractivity contribution is -0.240. The summed E-state index contributed by atoms with van der Waals surface area (Å²) in [5, 5.41) is 41.8. The molecule has 0 spiro atoms. The topological polar surface area (TPSA) is 107 Å². The highest BCUT2D eigenvalue weighted by atomic mass is 16.5. The first-order valence-corrected chi connectivity index (χ1v) is 16.6. The van der Waals surface area contributed by atoms with E-state index in [0.717, 1.165) is 51.4 Å². The van der Waals surface area contributed by atoms with E-state index in [1.54, 1.807) is 5.57 Å². The number of hydrogen-bond donors (Lipinski definition) is 4. The van der Waals surface area contributed by atoms with Crippen molar-refractivity contribution >= 4 is 5.78 Å². The number of Topliss-reactive ketones (excluding diaryl/α,β-unsaturated/α-hetero) is 1. The molecule has 1 heterocycles. The summed E-state index contributed by atoms with van der Waals surface area (Å²) in [6.07, 6.45) is 8.72. The number of aliphatic hydroxyl groups excluding tert-OH is 4. The van der Waals surface area contributed by atoms with E-state index in [9.17, 15) is 25.2 Å². The molecule has 1 aliphatic heterocycles. The molecule has 4 N–H and O–H groups in total. The summed E-state index contributed by atoms with van der Waals surface area (Å²) in [7, 11) is 0. The molecule has 0 aromatic carbocycles. The van der Waals surface area contributed by atoms with Gasteiger partial charge in [0.2, 0.25) is 0 Å². The van der Waals surface area contributed by atoms with Gasteiger partial charge in [-0.2, -0.15) is 0 Å². The molecule has 0 amide bonds. The first-order valence-electron chi connectivity index (χ1n) is 16.6. The number of aliphatic hydroxyl groups is 4. The Morgan fingerprint density at radius 3 is 2.22 bits per heavy atom. The van der Waals surface area contributed by atoms with Crippen LogP contribution in [0.5, 0.6) is 0 Å². The van der Waals surface area contributed by atoms with Crippen molar-refractivity contribution in [2.75, 3.05) is 6.61 Å². The van der Waals surface area contributed by atoms with Gasteiger partial charge in [0, 0.05) is 11.8 Å². The van der Waals surface area contributed by atoms with Crippen molar-refractivity contribution < 1.29 is 30.0 Å². The number of fused-ring (bicyclic) bond motifs is 7. The van der Waals surface area contributed by atoms with E-state index in [1.807, 2.05) is 0 Å². The highest BCUT2D eigenvalue weighted by Gasteiger charge is 2.65. The lowest BCUT2D eigenvalue weighted by atomic mass is 9.37. The minimum absolute atomic E-state index is 0.0188. The minimum Gasteiger partial charge on any atom is -0.394 e. The largest absolute Gasteiger partial charge is 0.394 e.